The maximum atomic E-state index is 12.7. The summed E-state index contributed by atoms with van der Waals surface area (Å²) in [5, 5.41) is 2.95. The summed E-state index contributed by atoms with van der Waals surface area (Å²) in [6.45, 7) is 4.20. The minimum atomic E-state index is -4.55. The monoisotopic (exact) mass is 301 g/mol. The number of rotatable bonds is 3. The Morgan fingerprint density at radius 1 is 1.43 bits per heavy atom. The van der Waals surface area contributed by atoms with E-state index in [4.69, 9.17) is 5.73 Å². The molecule has 21 heavy (non-hydrogen) atoms. The highest BCUT2D eigenvalue weighted by atomic mass is 19.4. The van der Waals surface area contributed by atoms with Crippen LogP contribution in [0.2, 0.25) is 0 Å². The van der Waals surface area contributed by atoms with E-state index in [-0.39, 0.29) is 22.8 Å². The smallest absolute Gasteiger partial charge is 0.367 e. The number of carbonyl (C=O) groups excluding carboxylic acids is 1. The van der Waals surface area contributed by atoms with E-state index in [1.807, 2.05) is 0 Å². The summed E-state index contributed by atoms with van der Waals surface area (Å²) in [5.74, 6) is -0.879. The van der Waals surface area contributed by atoms with Crippen LogP contribution in [0.3, 0.4) is 0 Å². The summed E-state index contributed by atoms with van der Waals surface area (Å²) in [4.78, 5) is 14.9. The van der Waals surface area contributed by atoms with Gasteiger partial charge in [-0.05, 0) is 36.8 Å². The van der Waals surface area contributed by atoms with Crippen molar-refractivity contribution in [2.24, 2.45) is 11.1 Å². The van der Waals surface area contributed by atoms with Gasteiger partial charge in [0.15, 0.2) is 0 Å². The molecule has 1 aromatic rings. The second kappa shape index (κ2) is 5.20. The standard InChI is InChI=1S/C14H18F3N3O/c1-13(2)6-5-8(7-13)19-12-9(11(18)21)3-4-10(20-12)14(15,16)17/h3-4,8H,5-7H2,1-2H3,(H2,18,21)(H,19,20). The topological polar surface area (TPSA) is 68.0 Å². The molecule has 0 saturated heterocycles. The molecule has 1 heterocycles. The Morgan fingerprint density at radius 2 is 2.10 bits per heavy atom. The van der Waals surface area contributed by atoms with Gasteiger partial charge in [-0.3, -0.25) is 4.79 Å². The van der Waals surface area contributed by atoms with Crippen LogP contribution in [0.1, 0.15) is 49.2 Å². The number of anilines is 1. The molecule has 0 bridgehead atoms. The average molecular weight is 301 g/mol. The average Bonchev–Trinajstić information content (AvgIpc) is 2.67. The van der Waals surface area contributed by atoms with E-state index < -0.39 is 17.8 Å². The zero-order valence-corrected chi connectivity index (χ0v) is 11.9. The summed E-state index contributed by atoms with van der Waals surface area (Å²) in [6, 6.07) is 1.83. The second-order valence-corrected chi connectivity index (χ2v) is 6.20. The number of halogens is 3. The van der Waals surface area contributed by atoms with Crippen molar-refractivity contribution in [2.75, 3.05) is 5.32 Å². The van der Waals surface area contributed by atoms with E-state index in [0.29, 0.717) is 0 Å². The first-order chi connectivity index (χ1) is 9.58. The molecule has 1 aliphatic carbocycles. The van der Waals surface area contributed by atoms with Gasteiger partial charge in [0, 0.05) is 6.04 Å². The molecule has 3 N–H and O–H groups in total. The lowest BCUT2D eigenvalue weighted by atomic mass is 9.92. The largest absolute Gasteiger partial charge is 0.433 e. The molecule has 1 unspecified atom stereocenters. The molecule has 2 rings (SSSR count). The number of hydrogen-bond donors (Lipinski definition) is 2. The lowest BCUT2D eigenvalue weighted by Gasteiger charge is -2.19. The van der Waals surface area contributed by atoms with Gasteiger partial charge in [-0.15, -0.1) is 0 Å². The van der Waals surface area contributed by atoms with Crippen LogP contribution in [0.5, 0.6) is 0 Å². The zero-order chi connectivity index (χ0) is 15.8. The number of pyridine rings is 1. The summed E-state index contributed by atoms with van der Waals surface area (Å²) in [7, 11) is 0. The number of aromatic nitrogens is 1. The minimum Gasteiger partial charge on any atom is -0.367 e. The number of hydrogen-bond acceptors (Lipinski definition) is 3. The summed E-state index contributed by atoms with van der Waals surface area (Å²) in [5.41, 5.74) is 4.28. The molecular weight excluding hydrogens is 283 g/mol. The van der Waals surface area contributed by atoms with Gasteiger partial charge in [-0.2, -0.15) is 13.2 Å². The number of nitrogens with zero attached hydrogens (tertiary/aromatic N) is 1. The predicted octanol–water partition coefficient (Wildman–Crippen LogP) is 3.19. The molecule has 1 aliphatic rings. The molecule has 0 aromatic carbocycles. The van der Waals surface area contributed by atoms with E-state index in [0.717, 1.165) is 31.4 Å². The number of primary amides is 1. The molecule has 7 heteroatoms. The van der Waals surface area contributed by atoms with Crippen molar-refractivity contribution in [2.45, 2.75) is 45.3 Å². The Bertz CT molecular complexity index is 555. The zero-order valence-electron chi connectivity index (χ0n) is 11.9. The van der Waals surface area contributed by atoms with Gasteiger partial charge >= 0.3 is 6.18 Å². The van der Waals surface area contributed by atoms with Gasteiger partial charge in [0.2, 0.25) is 0 Å². The molecule has 1 atom stereocenters. The minimum absolute atomic E-state index is 0.00548. The lowest BCUT2D eigenvalue weighted by molar-refractivity contribution is -0.141. The van der Waals surface area contributed by atoms with Crippen molar-refractivity contribution in [3.63, 3.8) is 0 Å². The number of amides is 1. The highest BCUT2D eigenvalue weighted by molar-refractivity contribution is 5.97. The number of alkyl halides is 3. The third-order valence-corrected chi connectivity index (χ3v) is 3.76. The second-order valence-electron chi connectivity index (χ2n) is 6.20. The fourth-order valence-corrected chi connectivity index (χ4v) is 2.68. The van der Waals surface area contributed by atoms with Crippen molar-refractivity contribution < 1.29 is 18.0 Å². The Hall–Kier alpha value is -1.79. The maximum Gasteiger partial charge on any atom is 0.433 e. The van der Waals surface area contributed by atoms with E-state index >= 15 is 0 Å². The summed E-state index contributed by atoms with van der Waals surface area (Å²) in [6.07, 6.45) is -1.96. The Kier molecular flexibility index (Phi) is 3.86. The molecule has 116 valence electrons. The molecule has 4 nitrogen and oxygen atoms in total. The summed E-state index contributed by atoms with van der Waals surface area (Å²) >= 11 is 0. The van der Waals surface area contributed by atoms with E-state index in [1.54, 1.807) is 0 Å². The first-order valence-corrected chi connectivity index (χ1v) is 6.73. The Balaban J connectivity index is 2.29. The van der Waals surface area contributed by atoms with Crippen LogP contribution in [0.25, 0.3) is 0 Å². The SMILES string of the molecule is CC1(C)CCC(Nc2nc(C(F)(F)F)ccc2C(N)=O)C1. The first kappa shape index (κ1) is 15.6. The number of carbonyl (C=O) groups is 1. The number of nitrogens with one attached hydrogen (secondary N) is 1. The van der Waals surface area contributed by atoms with Gasteiger partial charge in [0.25, 0.3) is 5.91 Å². The predicted molar refractivity (Wildman–Crippen MR) is 72.8 cm³/mol. The number of nitrogens with two attached hydrogens (primary N) is 1. The van der Waals surface area contributed by atoms with Crippen LogP contribution < -0.4 is 11.1 Å². The van der Waals surface area contributed by atoms with Crippen LogP contribution >= 0.6 is 0 Å². The fraction of sp³-hybridized carbons (Fsp3) is 0.571. The van der Waals surface area contributed by atoms with Crippen molar-refractivity contribution in [1.82, 2.24) is 4.98 Å². The van der Waals surface area contributed by atoms with Crippen molar-refractivity contribution >= 4 is 11.7 Å². The third kappa shape index (κ3) is 3.65. The highest BCUT2D eigenvalue weighted by Gasteiger charge is 2.35. The molecule has 0 spiro atoms. The van der Waals surface area contributed by atoms with Crippen molar-refractivity contribution in [3.8, 4) is 0 Å². The Labute approximate surface area is 120 Å². The highest BCUT2D eigenvalue weighted by Crippen LogP contribution is 2.38. The molecule has 1 saturated carbocycles. The van der Waals surface area contributed by atoms with Gasteiger partial charge < -0.3 is 11.1 Å². The molecule has 1 amide bonds. The molecule has 1 aromatic heterocycles. The van der Waals surface area contributed by atoms with E-state index in [2.05, 4.69) is 24.1 Å². The summed E-state index contributed by atoms with van der Waals surface area (Å²) < 4.78 is 38.2. The molecule has 0 aliphatic heterocycles. The van der Waals surface area contributed by atoms with Gasteiger partial charge in [0.1, 0.15) is 11.5 Å². The van der Waals surface area contributed by atoms with Crippen LogP contribution in [0, 0.1) is 5.41 Å². The first-order valence-electron chi connectivity index (χ1n) is 6.73. The lowest BCUT2D eigenvalue weighted by Crippen LogP contribution is -2.23. The normalized spacial score (nSPS) is 21.3. The van der Waals surface area contributed by atoms with Crippen LogP contribution in [0.15, 0.2) is 12.1 Å². The molecule has 1 fully saturated rings. The quantitative estimate of drug-likeness (QED) is 0.901. The van der Waals surface area contributed by atoms with Crippen molar-refractivity contribution in [1.29, 1.82) is 0 Å². The van der Waals surface area contributed by atoms with Crippen molar-refractivity contribution in [3.05, 3.63) is 23.4 Å². The molecular formula is C14H18F3N3O. The molecule has 0 radical (unpaired) electrons. The van der Waals surface area contributed by atoms with Gasteiger partial charge in [-0.25, -0.2) is 4.98 Å². The van der Waals surface area contributed by atoms with Gasteiger partial charge in [0.05, 0.1) is 5.56 Å². The maximum absolute atomic E-state index is 12.7. The third-order valence-electron chi connectivity index (χ3n) is 3.76. The fourth-order valence-electron chi connectivity index (χ4n) is 2.68. The van der Waals surface area contributed by atoms with Crippen LogP contribution in [-0.2, 0) is 6.18 Å². The van der Waals surface area contributed by atoms with E-state index in [1.165, 1.54) is 0 Å². The van der Waals surface area contributed by atoms with Crippen LogP contribution in [-0.4, -0.2) is 16.9 Å². The van der Waals surface area contributed by atoms with Crippen LogP contribution in [0.4, 0.5) is 19.0 Å². The Morgan fingerprint density at radius 3 is 2.57 bits per heavy atom. The van der Waals surface area contributed by atoms with Gasteiger partial charge in [-0.1, -0.05) is 13.8 Å². The van der Waals surface area contributed by atoms with E-state index in [9.17, 15) is 18.0 Å².